The van der Waals surface area contributed by atoms with Crippen molar-refractivity contribution in [3.05, 3.63) is 0 Å². The van der Waals surface area contributed by atoms with Gasteiger partial charge in [-0.1, -0.05) is 38.5 Å². The summed E-state index contributed by atoms with van der Waals surface area (Å²) in [5, 5.41) is 10.3. The van der Waals surface area contributed by atoms with Crippen LogP contribution in [0.5, 0.6) is 0 Å². The van der Waals surface area contributed by atoms with Crippen LogP contribution in [0.2, 0.25) is 0 Å². The number of rotatable bonds is 9. The van der Waals surface area contributed by atoms with Gasteiger partial charge in [-0.3, -0.25) is 4.79 Å². The average molecular weight is 341 g/mol. The molecule has 3 rings (SSSR count). The van der Waals surface area contributed by atoms with Crippen molar-refractivity contribution < 1.29 is 14.6 Å². The third kappa shape index (κ3) is 4.88. The van der Waals surface area contributed by atoms with Gasteiger partial charge in [0.15, 0.2) is 0 Å². The van der Waals surface area contributed by atoms with Gasteiger partial charge in [0.05, 0.1) is 12.2 Å². The molecule has 3 fully saturated rings. The molecule has 0 aromatic rings. The molecule has 4 heteroatoms. The number of fused-ring (bicyclic) bond motifs is 2. The van der Waals surface area contributed by atoms with E-state index in [9.17, 15) is 4.79 Å². The molecule has 0 spiro atoms. The Bertz CT molecular complexity index is 381. The van der Waals surface area contributed by atoms with E-state index in [1.165, 1.54) is 64.2 Å². The van der Waals surface area contributed by atoms with E-state index in [1.807, 2.05) is 0 Å². The maximum Gasteiger partial charge on any atom is 0.303 e. The molecule has 2 aliphatic heterocycles. The number of carboxylic acid groups (broad SMARTS) is 1. The first-order valence-electron chi connectivity index (χ1n) is 9.77. The third-order valence-corrected chi connectivity index (χ3v) is 7.75. The molecule has 0 aromatic heterocycles. The van der Waals surface area contributed by atoms with Gasteiger partial charge < -0.3 is 9.84 Å². The highest BCUT2D eigenvalue weighted by atomic mass is 32.2. The molecule has 0 amide bonds. The number of ether oxygens (including phenoxy) is 1. The van der Waals surface area contributed by atoms with Gasteiger partial charge in [0.2, 0.25) is 0 Å². The first-order valence-corrected chi connectivity index (χ1v) is 10.7. The van der Waals surface area contributed by atoms with Crippen LogP contribution in [0.25, 0.3) is 0 Å². The highest BCUT2D eigenvalue weighted by Gasteiger charge is 2.49. The Morgan fingerprint density at radius 2 is 1.70 bits per heavy atom. The van der Waals surface area contributed by atoms with Crippen molar-refractivity contribution in [1.29, 1.82) is 0 Å². The molecule has 0 radical (unpaired) electrons. The number of hydrogen-bond acceptors (Lipinski definition) is 3. The van der Waals surface area contributed by atoms with Crippen molar-refractivity contribution in [2.75, 3.05) is 0 Å². The quantitative estimate of drug-likeness (QED) is 0.598. The Morgan fingerprint density at radius 1 is 0.957 bits per heavy atom. The molecule has 132 valence electrons. The Balaban J connectivity index is 1.40. The van der Waals surface area contributed by atoms with E-state index in [2.05, 4.69) is 11.8 Å². The van der Waals surface area contributed by atoms with Crippen LogP contribution < -0.4 is 0 Å². The molecule has 2 bridgehead atoms. The summed E-state index contributed by atoms with van der Waals surface area (Å²) < 4.78 is 6.25. The maximum absolute atomic E-state index is 10.5. The fourth-order valence-corrected chi connectivity index (χ4v) is 6.64. The molecule has 2 saturated heterocycles. The molecule has 23 heavy (non-hydrogen) atoms. The van der Waals surface area contributed by atoms with E-state index < -0.39 is 5.97 Å². The minimum atomic E-state index is -0.657. The van der Waals surface area contributed by atoms with Crippen molar-refractivity contribution in [2.45, 2.75) is 106 Å². The Hall–Kier alpha value is -0.220. The van der Waals surface area contributed by atoms with E-state index in [0.29, 0.717) is 18.6 Å². The van der Waals surface area contributed by atoms with Crippen molar-refractivity contribution in [2.24, 2.45) is 5.92 Å². The van der Waals surface area contributed by atoms with Crippen LogP contribution in [-0.2, 0) is 9.53 Å². The summed E-state index contributed by atoms with van der Waals surface area (Å²) in [5.74, 6) is 0.107. The molecule has 4 unspecified atom stereocenters. The number of aliphatic carboxylic acids is 1. The highest BCUT2D eigenvalue weighted by Crippen LogP contribution is 2.49. The van der Waals surface area contributed by atoms with Crippen LogP contribution in [0.15, 0.2) is 0 Å². The van der Waals surface area contributed by atoms with E-state index in [4.69, 9.17) is 9.84 Å². The fraction of sp³-hybridized carbons (Fsp3) is 0.947. The zero-order chi connectivity index (χ0) is 16.1. The topological polar surface area (TPSA) is 46.5 Å². The lowest BCUT2D eigenvalue weighted by atomic mass is 9.85. The minimum absolute atomic E-state index is 0.331. The lowest BCUT2D eigenvalue weighted by Gasteiger charge is -2.32. The van der Waals surface area contributed by atoms with Gasteiger partial charge in [-0.2, -0.15) is 11.8 Å². The zero-order valence-corrected chi connectivity index (χ0v) is 15.1. The Kier molecular flexibility index (Phi) is 6.70. The second-order valence-corrected chi connectivity index (χ2v) is 9.14. The van der Waals surface area contributed by atoms with Crippen LogP contribution in [-0.4, -0.2) is 33.8 Å². The van der Waals surface area contributed by atoms with Crippen LogP contribution in [0, 0.1) is 5.92 Å². The van der Waals surface area contributed by atoms with Crippen molar-refractivity contribution in [3.8, 4) is 0 Å². The van der Waals surface area contributed by atoms with Crippen molar-refractivity contribution >= 4 is 17.7 Å². The van der Waals surface area contributed by atoms with Crippen molar-refractivity contribution in [3.63, 3.8) is 0 Å². The molecule has 3 aliphatic rings. The summed E-state index contributed by atoms with van der Waals surface area (Å²) in [6.07, 6.45) is 16.7. The molecular formula is C19H32O3S. The molecule has 1 saturated carbocycles. The van der Waals surface area contributed by atoms with E-state index >= 15 is 0 Å². The molecule has 0 aromatic carbocycles. The van der Waals surface area contributed by atoms with Crippen LogP contribution >= 0.6 is 11.8 Å². The lowest BCUT2D eigenvalue weighted by Crippen LogP contribution is -2.32. The summed E-state index contributed by atoms with van der Waals surface area (Å²) in [6, 6.07) is 0. The summed E-state index contributed by atoms with van der Waals surface area (Å²) in [7, 11) is 0. The van der Waals surface area contributed by atoms with Gasteiger partial charge >= 0.3 is 5.97 Å². The normalized spacial score (nSPS) is 34.1. The monoisotopic (exact) mass is 340 g/mol. The first-order chi connectivity index (χ1) is 11.2. The molecule has 1 N–H and O–H groups in total. The second-order valence-electron chi connectivity index (χ2n) is 7.66. The molecule has 2 heterocycles. The molecule has 4 atom stereocenters. The van der Waals surface area contributed by atoms with Gasteiger partial charge in [-0.15, -0.1) is 0 Å². The highest BCUT2D eigenvalue weighted by molar-refractivity contribution is 8.00. The number of unbranched alkanes of at least 4 members (excludes halogenated alkanes) is 3. The number of thioether (sulfide) groups is 1. The Labute approximate surface area is 144 Å². The summed E-state index contributed by atoms with van der Waals surface area (Å²) in [6.45, 7) is 0. The van der Waals surface area contributed by atoms with Gasteiger partial charge in [0, 0.05) is 16.9 Å². The SMILES string of the molecule is O=C(O)CCCCCCC1C2CCC(O2)C1SC1CCCCC1. The third-order valence-electron chi connectivity index (χ3n) is 5.93. The van der Waals surface area contributed by atoms with E-state index in [-0.39, 0.29) is 0 Å². The van der Waals surface area contributed by atoms with Gasteiger partial charge in [0.25, 0.3) is 0 Å². The predicted octanol–water partition coefficient (Wildman–Crippen LogP) is 5.02. The molecular weight excluding hydrogens is 308 g/mol. The summed E-state index contributed by atoms with van der Waals surface area (Å²) in [5.41, 5.74) is 0. The number of carbonyl (C=O) groups is 1. The largest absolute Gasteiger partial charge is 0.481 e. The van der Waals surface area contributed by atoms with Crippen LogP contribution in [0.1, 0.15) is 83.5 Å². The number of carboxylic acids is 1. The lowest BCUT2D eigenvalue weighted by molar-refractivity contribution is -0.137. The van der Waals surface area contributed by atoms with Gasteiger partial charge in [-0.05, 0) is 44.4 Å². The second kappa shape index (κ2) is 8.75. The number of hydrogen-bond donors (Lipinski definition) is 1. The van der Waals surface area contributed by atoms with Gasteiger partial charge in [0.1, 0.15) is 0 Å². The fourth-order valence-electron chi connectivity index (χ4n) is 4.71. The zero-order valence-electron chi connectivity index (χ0n) is 14.3. The van der Waals surface area contributed by atoms with Gasteiger partial charge in [-0.25, -0.2) is 0 Å². The molecule has 3 nitrogen and oxygen atoms in total. The maximum atomic E-state index is 10.5. The summed E-state index contributed by atoms with van der Waals surface area (Å²) >= 11 is 2.27. The van der Waals surface area contributed by atoms with Crippen LogP contribution in [0.4, 0.5) is 0 Å². The minimum Gasteiger partial charge on any atom is -0.481 e. The standard InChI is InChI=1S/C19H32O3S/c20-18(21)11-7-2-1-6-10-15-16-12-13-17(22-16)19(15)23-14-8-4-3-5-9-14/h14-17,19H,1-13H2,(H,20,21). The first kappa shape index (κ1) is 17.6. The average Bonchev–Trinajstić information content (AvgIpc) is 3.14. The predicted molar refractivity (Wildman–Crippen MR) is 95.0 cm³/mol. The van der Waals surface area contributed by atoms with E-state index in [0.717, 1.165) is 29.3 Å². The smallest absolute Gasteiger partial charge is 0.303 e. The Morgan fingerprint density at radius 3 is 2.48 bits per heavy atom. The van der Waals surface area contributed by atoms with Crippen molar-refractivity contribution in [1.82, 2.24) is 0 Å². The van der Waals surface area contributed by atoms with E-state index in [1.54, 1.807) is 0 Å². The van der Waals surface area contributed by atoms with Crippen LogP contribution in [0.3, 0.4) is 0 Å². The molecule has 1 aliphatic carbocycles. The summed E-state index contributed by atoms with van der Waals surface area (Å²) in [4.78, 5) is 10.5.